The molecule has 1 N–H and O–H groups in total. The summed E-state index contributed by atoms with van der Waals surface area (Å²) in [6.07, 6.45) is 4.49. The molecule has 2 nitrogen and oxygen atoms in total. The third-order valence-electron chi connectivity index (χ3n) is 2.50. The van der Waals surface area contributed by atoms with Gasteiger partial charge in [-0.1, -0.05) is 26.2 Å². The summed E-state index contributed by atoms with van der Waals surface area (Å²) in [5, 5.41) is 2.82. The average Bonchev–Trinajstić information content (AvgIpc) is 2.32. The number of unbranched alkanes of at least 4 members (excludes halogenated alkanes) is 3. The van der Waals surface area contributed by atoms with Crippen LogP contribution >= 0.6 is 15.9 Å². The maximum Gasteiger partial charge on any atom is 0.251 e. The second-order valence-electron chi connectivity index (χ2n) is 3.95. The van der Waals surface area contributed by atoms with Gasteiger partial charge in [0.15, 0.2) is 0 Å². The Labute approximate surface area is 110 Å². The van der Waals surface area contributed by atoms with Crippen LogP contribution < -0.4 is 5.32 Å². The number of amides is 1. The first-order valence-corrected chi connectivity index (χ1v) is 6.67. The molecule has 0 bridgehead atoms. The van der Waals surface area contributed by atoms with Gasteiger partial charge in [0.1, 0.15) is 5.82 Å². The summed E-state index contributed by atoms with van der Waals surface area (Å²) in [7, 11) is 0. The smallest absolute Gasteiger partial charge is 0.251 e. The van der Waals surface area contributed by atoms with Crippen molar-refractivity contribution in [2.45, 2.75) is 32.6 Å². The van der Waals surface area contributed by atoms with E-state index in [0.717, 1.165) is 12.8 Å². The maximum absolute atomic E-state index is 13.0. The quantitative estimate of drug-likeness (QED) is 0.793. The largest absolute Gasteiger partial charge is 0.352 e. The Morgan fingerprint density at radius 3 is 2.76 bits per heavy atom. The summed E-state index contributed by atoms with van der Waals surface area (Å²) in [6, 6.07) is 4.27. The molecule has 1 aromatic rings. The lowest BCUT2D eigenvalue weighted by Crippen LogP contribution is -2.24. The number of hydrogen-bond donors (Lipinski definition) is 1. The predicted molar refractivity (Wildman–Crippen MR) is 70.6 cm³/mol. The number of nitrogens with one attached hydrogen (secondary N) is 1. The van der Waals surface area contributed by atoms with Crippen LogP contribution in [0.25, 0.3) is 0 Å². The Morgan fingerprint density at radius 2 is 2.12 bits per heavy atom. The zero-order chi connectivity index (χ0) is 12.7. The second-order valence-corrected chi connectivity index (χ2v) is 4.80. The lowest BCUT2D eigenvalue weighted by atomic mass is 10.2. The van der Waals surface area contributed by atoms with Crippen molar-refractivity contribution in [1.29, 1.82) is 0 Å². The Bertz CT molecular complexity index is 382. The van der Waals surface area contributed by atoms with Crippen molar-refractivity contribution >= 4 is 21.8 Å². The molecule has 0 aliphatic heterocycles. The fourth-order valence-electron chi connectivity index (χ4n) is 1.49. The summed E-state index contributed by atoms with van der Waals surface area (Å²) >= 11 is 3.06. The average molecular weight is 302 g/mol. The molecule has 0 radical (unpaired) electrons. The maximum atomic E-state index is 13.0. The first-order valence-electron chi connectivity index (χ1n) is 5.88. The van der Waals surface area contributed by atoms with Crippen LogP contribution in [0.1, 0.15) is 43.0 Å². The van der Waals surface area contributed by atoms with E-state index in [-0.39, 0.29) is 11.7 Å². The lowest BCUT2D eigenvalue weighted by molar-refractivity contribution is 0.0953. The molecule has 4 heteroatoms. The van der Waals surface area contributed by atoms with Crippen molar-refractivity contribution in [3.63, 3.8) is 0 Å². The second kappa shape index (κ2) is 7.43. The molecule has 0 aromatic heterocycles. The van der Waals surface area contributed by atoms with Crippen molar-refractivity contribution < 1.29 is 9.18 Å². The number of benzene rings is 1. The lowest BCUT2D eigenvalue weighted by Gasteiger charge is -2.05. The Kier molecular flexibility index (Phi) is 6.19. The van der Waals surface area contributed by atoms with Gasteiger partial charge in [-0.2, -0.15) is 0 Å². The third kappa shape index (κ3) is 4.86. The van der Waals surface area contributed by atoms with Gasteiger partial charge in [-0.25, -0.2) is 4.39 Å². The number of rotatable bonds is 6. The molecule has 0 atom stereocenters. The van der Waals surface area contributed by atoms with E-state index in [0.29, 0.717) is 16.6 Å². The summed E-state index contributed by atoms with van der Waals surface area (Å²) in [5.41, 5.74) is 0.480. The van der Waals surface area contributed by atoms with Crippen molar-refractivity contribution in [2.75, 3.05) is 6.54 Å². The molecular formula is C13H17BrFNO. The van der Waals surface area contributed by atoms with E-state index < -0.39 is 0 Å². The highest BCUT2D eigenvalue weighted by Crippen LogP contribution is 2.16. The molecule has 0 aliphatic rings. The van der Waals surface area contributed by atoms with E-state index in [4.69, 9.17) is 0 Å². The van der Waals surface area contributed by atoms with Gasteiger partial charge < -0.3 is 5.32 Å². The van der Waals surface area contributed by atoms with Crippen LogP contribution in [-0.2, 0) is 0 Å². The van der Waals surface area contributed by atoms with E-state index in [2.05, 4.69) is 28.2 Å². The SMILES string of the molecule is CCCCCCNC(=O)c1ccc(F)c(Br)c1. The van der Waals surface area contributed by atoms with Gasteiger partial charge in [0, 0.05) is 12.1 Å². The van der Waals surface area contributed by atoms with E-state index in [1.54, 1.807) is 0 Å². The van der Waals surface area contributed by atoms with Crippen LogP contribution in [0, 0.1) is 5.82 Å². The third-order valence-corrected chi connectivity index (χ3v) is 3.11. The van der Waals surface area contributed by atoms with Crippen LogP contribution in [-0.4, -0.2) is 12.5 Å². The molecule has 0 heterocycles. The molecule has 17 heavy (non-hydrogen) atoms. The molecule has 0 saturated carbocycles. The minimum atomic E-state index is -0.357. The highest BCUT2D eigenvalue weighted by atomic mass is 79.9. The minimum Gasteiger partial charge on any atom is -0.352 e. The first kappa shape index (κ1) is 14.2. The van der Waals surface area contributed by atoms with Gasteiger partial charge in [0.25, 0.3) is 5.91 Å². The number of hydrogen-bond acceptors (Lipinski definition) is 1. The highest BCUT2D eigenvalue weighted by molar-refractivity contribution is 9.10. The van der Waals surface area contributed by atoms with Crippen molar-refractivity contribution in [3.8, 4) is 0 Å². The number of carbonyl (C=O) groups excluding carboxylic acids is 1. The van der Waals surface area contributed by atoms with Gasteiger partial charge >= 0.3 is 0 Å². The first-order chi connectivity index (χ1) is 8.15. The fourth-order valence-corrected chi connectivity index (χ4v) is 1.87. The molecule has 0 spiro atoms. The predicted octanol–water partition coefficient (Wildman–Crippen LogP) is 3.90. The van der Waals surface area contributed by atoms with Gasteiger partial charge in [0.2, 0.25) is 0 Å². The van der Waals surface area contributed by atoms with Crippen molar-refractivity contribution in [3.05, 3.63) is 34.1 Å². The van der Waals surface area contributed by atoms with Gasteiger partial charge in [-0.3, -0.25) is 4.79 Å². The molecule has 1 aromatic carbocycles. The van der Waals surface area contributed by atoms with Gasteiger partial charge in [-0.15, -0.1) is 0 Å². The van der Waals surface area contributed by atoms with Crippen molar-refractivity contribution in [1.82, 2.24) is 5.32 Å². The van der Waals surface area contributed by atoms with E-state index in [1.165, 1.54) is 31.0 Å². The monoisotopic (exact) mass is 301 g/mol. The topological polar surface area (TPSA) is 29.1 Å². The zero-order valence-electron chi connectivity index (χ0n) is 9.93. The van der Waals surface area contributed by atoms with Crippen LogP contribution in [0.3, 0.4) is 0 Å². The van der Waals surface area contributed by atoms with E-state index >= 15 is 0 Å². The van der Waals surface area contributed by atoms with E-state index in [1.807, 2.05) is 0 Å². The Hall–Kier alpha value is -0.900. The zero-order valence-corrected chi connectivity index (χ0v) is 11.5. The van der Waals surface area contributed by atoms with Crippen molar-refractivity contribution in [2.24, 2.45) is 0 Å². The fraction of sp³-hybridized carbons (Fsp3) is 0.462. The normalized spacial score (nSPS) is 10.3. The summed E-state index contributed by atoms with van der Waals surface area (Å²) in [5.74, 6) is -0.508. The molecule has 94 valence electrons. The van der Waals surface area contributed by atoms with Gasteiger partial charge in [0.05, 0.1) is 4.47 Å². The van der Waals surface area contributed by atoms with Crippen LogP contribution in [0.2, 0.25) is 0 Å². The highest BCUT2D eigenvalue weighted by Gasteiger charge is 2.07. The molecule has 0 saturated heterocycles. The van der Waals surface area contributed by atoms with Crippen LogP contribution in [0.4, 0.5) is 4.39 Å². The standard InChI is InChI=1S/C13H17BrFNO/c1-2-3-4-5-8-16-13(17)10-6-7-12(15)11(14)9-10/h6-7,9H,2-5,8H2,1H3,(H,16,17). The molecule has 0 fully saturated rings. The van der Waals surface area contributed by atoms with Crippen LogP contribution in [0.15, 0.2) is 22.7 Å². The Balaban J connectivity index is 2.39. The van der Waals surface area contributed by atoms with Crippen LogP contribution in [0.5, 0.6) is 0 Å². The molecule has 1 rings (SSSR count). The number of carbonyl (C=O) groups is 1. The molecule has 0 aliphatic carbocycles. The summed E-state index contributed by atoms with van der Waals surface area (Å²) in [6.45, 7) is 2.82. The van der Waals surface area contributed by atoms with E-state index in [9.17, 15) is 9.18 Å². The molecule has 0 unspecified atom stereocenters. The van der Waals surface area contributed by atoms with Gasteiger partial charge in [-0.05, 0) is 40.5 Å². The summed E-state index contributed by atoms with van der Waals surface area (Å²) in [4.78, 5) is 11.7. The Morgan fingerprint density at radius 1 is 1.35 bits per heavy atom. The molecular weight excluding hydrogens is 285 g/mol. The molecule has 1 amide bonds. The minimum absolute atomic E-state index is 0.151. The summed E-state index contributed by atoms with van der Waals surface area (Å²) < 4.78 is 13.3. The number of halogens is 2.